The summed E-state index contributed by atoms with van der Waals surface area (Å²) in [5, 5.41) is 0. The molecule has 3 aromatic carbocycles. The lowest BCUT2D eigenvalue weighted by Gasteiger charge is -2.40. The van der Waals surface area contributed by atoms with Crippen LogP contribution in [0.5, 0.6) is 11.5 Å². The van der Waals surface area contributed by atoms with Crippen LogP contribution in [0.15, 0.2) is 78.9 Å². The molecular weight excluding hydrogens is 412 g/mol. The average molecular weight is 445 g/mol. The van der Waals surface area contributed by atoms with Crippen molar-refractivity contribution in [3.8, 4) is 11.5 Å². The standard InChI is InChI=1S/C28H32N2O3/c1-32-25-14-15-26(33-2)24(21-25)13-16-27(31)29-17-19-30(20-18-29)28(22-9-5-3-6-10-22)23-11-7-4-8-12-23/h3-12,14-15,21,28H,13,16-20H2,1-2H3. The number of amides is 1. The molecule has 0 bridgehead atoms. The molecule has 0 radical (unpaired) electrons. The van der Waals surface area contributed by atoms with Gasteiger partial charge in [0.15, 0.2) is 0 Å². The van der Waals surface area contributed by atoms with Gasteiger partial charge in [-0.3, -0.25) is 9.69 Å². The summed E-state index contributed by atoms with van der Waals surface area (Å²) in [6.07, 6.45) is 1.10. The highest BCUT2D eigenvalue weighted by atomic mass is 16.5. The Balaban J connectivity index is 1.39. The molecule has 33 heavy (non-hydrogen) atoms. The Morgan fingerprint density at radius 3 is 1.97 bits per heavy atom. The number of benzene rings is 3. The first kappa shape index (κ1) is 22.9. The van der Waals surface area contributed by atoms with Gasteiger partial charge in [0.05, 0.1) is 20.3 Å². The van der Waals surface area contributed by atoms with Crippen molar-refractivity contribution in [3.05, 3.63) is 95.6 Å². The average Bonchev–Trinajstić information content (AvgIpc) is 2.89. The maximum Gasteiger partial charge on any atom is 0.222 e. The summed E-state index contributed by atoms with van der Waals surface area (Å²) in [7, 11) is 3.30. The van der Waals surface area contributed by atoms with Crippen molar-refractivity contribution >= 4 is 5.91 Å². The van der Waals surface area contributed by atoms with Crippen molar-refractivity contribution in [1.29, 1.82) is 0 Å². The van der Waals surface area contributed by atoms with Gasteiger partial charge in [-0.15, -0.1) is 0 Å². The molecule has 0 aliphatic carbocycles. The summed E-state index contributed by atoms with van der Waals surface area (Å²) >= 11 is 0. The molecule has 1 saturated heterocycles. The van der Waals surface area contributed by atoms with Gasteiger partial charge in [0.2, 0.25) is 5.91 Å². The third-order valence-corrected chi connectivity index (χ3v) is 6.36. The number of carbonyl (C=O) groups is 1. The number of piperazine rings is 1. The monoisotopic (exact) mass is 444 g/mol. The van der Waals surface area contributed by atoms with Crippen LogP contribution in [0.3, 0.4) is 0 Å². The van der Waals surface area contributed by atoms with E-state index >= 15 is 0 Å². The molecule has 0 saturated carbocycles. The number of hydrogen-bond acceptors (Lipinski definition) is 4. The van der Waals surface area contributed by atoms with Gasteiger partial charge in [-0.05, 0) is 41.3 Å². The summed E-state index contributed by atoms with van der Waals surface area (Å²) in [4.78, 5) is 17.5. The van der Waals surface area contributed by atoms with E-state index in [1.54, 1.807) is 14.2 Å². The third-order valence-electron chi connectivity index (χ3n) is 6.36. The Bertz CT molecular complexity index is 992. The van der Waals surface area contributed by atoms with E-state index in [0.29, 0.717) is 12.8 Å². The Morgan fingerprint density at radius 2 is 1.42 bits per heavy atom. The van der Waals surface area contributed by atoms with Gasteiger partial charge in [0.25, 0.3) is 0 Å². The van der Waals surface area contributed by atoms with E-state index in [4.69, 9.17) is 9.47 Å². The van der Waals surface area contributed by atoms with Gasteiger partial charge in [-0.25, -0.2) is 0 Å². The quantitative estimate of drug-likeness (QED) is 0.510. The van der Waals surface area contributed by atoms with Gasteiger partial charge < -0.3 is 14.4 Å². The minimum absolute atomic E-state index is 0.190. The van der Waals surface area contributed by atoms with E-state index in [0.717, 1.165) is 43.2 Å². The van der Waals surface area contributed by atoms with E-state index in [1.807, 2.05) is 23.1 Å². The molecule has 1 aliphatic heterocycles. The number of rotatable bonds is 8. The molecule has 5 nitrogen and oxygen atoms in total. The highest BCUT2D eigenvalue weighted by Gasteiger charge is 2.28. The van der Waals surface area contributed by atoms with Crippen LogP contribution in [0.25, 0.3) is 0 Å². The number of ether oxygens (including phenoxy) is 2. The fourth-order valence-electron chi connectivity index (χ4n) is 4.59. The third kappa shape index (κ3) is 5.55. The molecule has 4 rings (SSSR count). The maximum absolute atomic E-state index is 13.0. The van der Waals surface area contributed by atoms with Crippen molar-refractivity contribution < 1.29 is 14.3 Å². The zero-order valence-corrected chi connectivity index (χ0v) is 19.4. The van der Waals surface area contributed by atoms with Crippen molar-refractivity contribution in [1.82, 2.24) is 9.80 Å². The summed E-state index contributed by atoms with van der Waals surface area (Å²) < 4.78 is 10.8. The fraction of sp³-hybridized carbons (Fsp3) is 0.321. The highest BCUT2D eigenvalue weighted by molar-refractivity contribution is 5.76. The number of carbonyl (C=O) groups excluding carboxylic acids is 1. The van der Waals surface area contributed by atoms with E-state index in [9.17, 15) is 4.79 Å². The lowest BCUT2D eigenvalue weighted by molar-refractivity contribution is -0.133. The molecule has 0 N–H and O–H groups in total. The van der Waals surface area contributed by atoms with Crippen LogP contribution in [-0.2, 0) is 11.2 Å². The topological polar surface area (TPSA) is 42.0 Å². The van der Waals surface area contributed by atoms with Crippen LogP contribution in [0.2, 0.25) is 0 Å². The second-order valence-corrected chi connectivity index (χ2v) is 8.32. The van der Waals surface area contributed by atoms with Crippen molar-refractivity contribution in [2.75, 3.05) is 40.4 Å². The summed E-state index contributed by atoms with van der Waals surface area (Å²) in [5.74, 6) is 1.76. The van der Waals surface area contributed by atoms with Gasteiger partial charge in [-0.2, -0.15) is 0 Å². The number of aryl methyl sites for hydroxylation is 1. The fourth-order valence-corrected chi connectivity index (χ4v) is 4.59. The molecule has 1 fully saturated rings. The summed E-state index contributed by atoms with van der Waals surface area (Å²) in [6.45, 7) is 3.18. The Morgan fingerprint density at radius 1 is 0.818 bits per heavy atom. The van der Waals surface area contributed by atoms with E-state index in [1.165, 1.54) is 11.1 Å². The number of methoxy groups -OCH3 is 2. The van der Waals surface area contributed by atoms with Crippen LogP contribution in [0, 0.1) is 0 Å². The predicted octanol–water partition coefficient (Wildman–Crippen LogP) is 4.57. The zero-order chi connectivity index (χ0) is 23.0. The van der Waals surface area contributed by atoms with Crippen molar-refractivity contribution in [2.45, 2.75) is 18.9 Å². The van der Waals surface area contributed by atoms with E-state index in [2.05, 4.69) is 65.6 Å². The molecule has 5 heteroatoms. The van der Waals surface area contributed by atoms with Crippen LogP contribution < -0.4 is 9.47 Å². The van der Waals surface area contributed by atoms with Crippen molar-refractivity contribution in [2.24, 2.45) is 0 Å². The second kappa shape index (κ2) is 11.0. The predicted molar refractivity (Wildman–Crippen MR) is 131 cm³/mol. The summed E-state index contributed by atoms with van der Waals surface area (Å²) in [5.41, 5.74) is 3.57. The summed E-state index contributed by atoms with van der Waals surface area (Å²) in [6, 6.07) is 27.2. The molecule has 0 spiro atoms. The molecule has 0 unspecified atom stereocenters. The largest absolute Gasteiger partial charge is 0.497 e. The minimum Gasteiger partial charge on any atom is -0.497 e. The lowest BCUT2D eigenvalue weighted by Crippen LogP contribution is -2.49. The zero-order valence-electron chi connectivity index (χ0n) is 19.4. The first-order chi connectivity index (χ1) is 16.2. The highest BCUT2D eigenvalue weighted by Crippen LogP contribution is 2.30. The number of nitrogens with zero attached hydrogens (tertiary/aromatic N) is 2. The molecule has 1 aliphatic rings. The first-order valence-electron chi connectivity index (χ1n) is 11.5. The van der Waals surface area contributed by atoms with Crippen LogP contribution in [0.4, 0.5) is 0 Å². The van der Waals surface area contributed by atoms with Crippen LogP contribution in [0.1, 0.15) is 29.2 Å². The molecule has 3 aromatic rings. The Hall–Kier alpha value is -3.31. The van der Waals surface area contributed by atoms with E-state index in [-0.39, 0.29) is 11.9 Å². The van der Waals surface area contributed by atoms with Gasteiger partial charge in [0, 0.05) is 32.6 Å². The molecule has 1 heterocycles. The number of hydrogen-bond donors (Lipinski definition) is 0. The lowest BCUT2D eigenvalue weighted by atomic mass is 9.96. The van der Waals surface area contributed by atoms with Crippen LogP contribution >= 0.6 is 0 Å². The SMILES string of the molecule is COc1ccc(OC)c(CCC(=O)N2CCN(C(c3ccccc3)c3ccccc3)CC2)c1. The molecule has 0 aromatic heterocycles. The maximum atomic E-state index is 13.0. The molecule has 1 amide bonds. The van der Waals surface area contributed by atoms with Gasteiger partial charge in [0.1, 0.15) is 11.5 Å². The first-order valence-corrected chi connectivity index (χ1v) is 11.5. The van der Waals surface area contributed by atoms with E-state index < -0.39 is 0 Å². The molecular formula is C28H32N2O3. The Labute approximate surface area is 196 Å². The van der Waals surface area contributed by atoms with Gasteiger partial charge in [-0.1, -0.05) is 60.7 Å². The second-order valence-electron chi connectivity index (χ2n) is 8.32. The smallest absolute Gasteiger partial charge is 0.222 e. The Kier molecular flexibility index (Phi) is 7.63. The molecule has 172 valence electrons. The minimum atomic E-state index is 0.190. The van der Waals surface area contributed by atoms with Crippen LogP contribution in [-0.4, -0.2) is 56.1 Å². The molecule has 0 atom stereocenters. The van der Waals surface area contributed by atoms with Crippen molar-refractivity contribution in [3.63, 3.8) is 0 Å². The van der Waals surface area contributed by atoms with Gasteiger partial charge >= 0.3 is 0 Å². The normalized spacial score (nSPS) is 14.3.